The van der Waals surface area contributed by atoms with E-state index < -0.39 is 0 Å². The number of nitrogens with zero attached hydrogens (tertiary/aromatic N) is 2. The molecule has 0 saturated carbocycles. The summed E-state index contributed by atoms with van der Waals surface area (Å²) in [6.07, 6.45) is -0.373. The number of hydrogen-bond acceptors (Lipinski definition) is 4. The van der Waals surface area contributed by atoms with Crippen LogP contribution in [-0.4, -0.2) is 11.7 Å². The molecular formula is C47H31N3O. The minimum absolute atomic E-state index is 0.373. The van der Waals surface area contributed by atoms with Gasteiger partial charge in [-0.15, -0.1) is 0 Å². The highest BCUT2D eigenvalue weighted by atomic mass is 16.3. The summed E-state index contributed by atoms with van der Waals surface area (Å²) in [6.45, 7) is 0. The maximum Gasteiger partial charge on any atom is 0.159 e. The largest absolute Gasteiger partial charge is 0.456 e. The van der Waals surface area contributed by atoms with E-state index in [2.05, 4.69) is 163 Å². The zero-order valence-electron chi connectivity index (χ0n) is 27.6. The predicted octanol–water partition coefficient (Wildman–Crippen LogP) is 11.7. The van der Waals surface area contributed by atoms with Crippen molar-refractivity contribution in [3.05, 3.63) is 193 Å². The lowest BCUT2D eigenvalue weighted by Gasteiger charge is -2.25. The molecule has 1 aliphatic rings. The monoisotopic (exact) mass is 653 g/mol. The van der Waals surface area contributed by atoms with Gasteiger partial charge in [-0.2, -0.15) is 0 Å². The molecule has 4 heteroatoms. The van der Waals surface area contributed by atoms with Crippen molar-refractivity contribution in [1.29, 1.82) is 0 Å². The highest BCUT2D eigenvalue weighted by Gasteiger charge is 2.26. The third kappa shape index (κ3) is 5.17. The first-order valence-corrected chi connectivity index (χ1v) is 17.3. The Morgan fingerprint density at radius 2 is 1.10 bits per heavy atom. The summed E-state index contributed by atoms with van der Waals surface area (Å²) in [5.74, 6) is 1.44. The summed E-state index contributed by atoms with van der Waals surface area (Å²) in [6, 6.07) is 61.7. The maximum absolute atomic E-state index is 6.41. The summed E-state index contributed by atoms with van der Waals surface area (Å²) >= 11 is 0. The summed E-state index contributed by atoms with van der Waals surface area (Å²) in [4.78, 5) is 10.6. The fourth-order valence-electron chi connectivity index (χ4n) is 7.35. The molecule has 4 nitrogen and oxygen atoms in total. The van der Waals surface area contributed by atoms with E-state index in [0.717, 1.165) is 66.5 Å². The van der Waals surface area contributed by atoms with E-state index in [-0.39, 0.29) is 6.17 Å². The zero-order chi connectivity index (χ0) is 33.7. The van der Waals surface area contributed by atoms with Crippen molar-refractivity contribution in [3.8, 4) is 22.3 Å². The second kappa shape index (κ2) is 12.0. The number of aliphatic imine (C=N–C) groups is 2. The molecule has 1 aromatic heterocycles. The van der Waals surface area contributed by atoms with E-state index in [4.69, 9.17) is 14.4 Å². The summed E-state index contributed by atoms with van der Waals surface area (Å²) in [7, 11) is 0. The van der Waals surface area contributed by atoms with Gasteiger partial charge in [-0.3, -0.25) is 0 Å². The fourth-order valence-corrected chi connectivity index (χ4v) is 7.35. The fraction of sp³-hybridized carbons (Fsp3) is 0.0213. The number of hydrogen-bond donors (Lipinski definition) is 1. The molecule has 1 unspecified atom stereocenters. The number of rotatable bonds is 5. The SMILES string of the molecule is c1ccc(-c2ccc3oc4ccccc4c3c2C2=NC(c3ccc4ccccc4c3)=NC(c3ccc(-c4ccc5ccccc5c4)cc3)N2)cc1. The molecule has 51 heavy (non-hydrogen) atoms. The first kappa shape index (κ1) is 29.2. The van der Waals surface area contributed by atoms with Gasteiger partial charge in [0.25, 0.3) is 0 Å². The van der Waals surface area contributed by atoms with E-state index in [0.29, 0.717) is 5.84 Å². The Balaban J connectivity index is 1.15. The molecule has 0 saturated heterocycles. The quantitative estimate of drug-likeness (QED) is 0.201. The van der Waals surface area contributed by atoms with Gasteiger partial charge >= 0.3 is 0 Å². The normalized spacial score (nSPS) is 14.5. The number of benzene rings is 8. The number of amidine groups is 2. The van der Waals surface area contributed by atoms with Gasteiger partial charge in [0.15, 0.2) is 5.84 Å². The van der Waals surface area contributed by atoms with Crippen molar-refractivity contribution in [2.45, 2.75) is 6.17 Å². The number of nitrogens with one attached hydrogen (secondary N) is 1. The lowest BCUT2D eigenvalue weighted by Crippen LogP contribution is -2.34. The minimum Gasteiger partial charge on any atom is -0.456 e. The van der Waals surface area contributed by atoms with Crippen molar-refractivity contribution in [2.24, 2.45) is 9.98 Å². The first-order chi connectivity index (χ1) is 25.2. The van der Waals surface area contributed by atoms with Gasteiger partial charge in [-0.05, 0) is 79.7 Å². The van der Waals surface area contributed by atoms with Crippen LogP contribution in [0.5, 0.6) is 0 Å². The van der Waals surface area contributed by atoms with Crippen molar-refractivity contribution in [3.63, 3.8) is 0 Å². The molecule has 0 amide bonds. The third-order valence-electron chi connectivity index (χ3n) is 9.92. The van der Waals surface area contributed by atoms with Gasteiger partial charge in [0.1, 0.15) is 23.2 Å². The molecule has 1 N–H and O–H groups in total. The molecule has 1 atom stereocenters. The van der Waals surface area contributed by atoms with Crippen LogP contribution in [0, 0.1) is 0 Å². The second-order valence-electron chi connectivity index (χ2n) is 13.0. The molecule has 0 aliphatic carbocycles. The Hall–Kier alpha value is -6.78. The standard InChI is InChI=1S/C47H31N3O/c1-2-12-33(13-3-1)39-26-27-42-43(40-16-8-9-17-41(40)51-42)44(39)47-49-45(48-46(50-47)38-25-21-31-11-5-7-15-36(31)29-38)34-22-18-32(19-23-34)37-24-20-30-10-4-6-14-35(30)28-37/h1-29,45H,(H,48,49,50). The van der Waals surface area contributed by atoms with E-state index >= 15 is 0 Å². The average Bonchev–Trinajstić information content (AvgIpc) is 3.59. The van der Waals surface area contributed by atoms with Crippen molar-refractivity contribution in [1.82, 2.24) is 5.32 Å². The van der Waals surface area contributed by atoms with Crippen molar-refractivity contribution < 1.29 is 4.42 Å². The molecule has 1 aliphatic heterocycles. The molecule has 0 fully saturated rings. The Morgan fingerprint density at radius 3 is 1.86 bits per heavy atom. The number of furan rings is 1. The number of para-hydroxylation sites is 1. The van der Waals surface area contributed by atoms with E-state index in [1.165, 1.54) is 21.7 Å². The van der Waals surface area contributed by atoms with E-state index in [9.17, 15) is 0 Å². The average molecular weight is 654 g/mol. The van der Waals surface area contributed by atoms with Crippen LogP contribution < -0.4 is 5.32 Å². The van der Waals surface area contributed by atoms with Gasteiger partial charge in [0.2, 0.25) is 0 Å². The van der Waals surface area contributed by atoms with Crippen LogP contribution in [0.15, 0.2) is 190 Å². The van der Waals surface area contributed by atoms with Gasteiger partial charge in [-0.1, -0.05) is 146 Å². The molecular weight excluding hydrogens is 623 g/mol. The van der Waals surface area contributed by atoms with Gasteiger partial charge < -0.3 is 9.73 Å². The van der Waals surface area contributed by atoms with Crippen LogP contribution in [0.4, 0.5) is 0 Å². The summed E-state index contributed by atoms with van der Waals surface area (Å²) < 4.78 is 6.41. The highest BCUT2D eigenvalue weighted by molar-refractivity contribution is 6.24. The smallest absolute Gasteiger partial charge is 0.159 e. The van der Waals surface area contributed by atoms with Crippen LogP contribution in [0.2, 0.25) is 0 Å². The maximum atomic E-state index is 6.41. The lowest BCUT2D eigenvalue weighted by atomic mass is 9.93. The minimum atomic E-state index is -0.373. The molecule has 8 aromatic carbocycles. The molecule has 2 heterocycles. The van der Waals surface area contributed by atoms with Crippen LogP contribution in [-0.2, 0) is 0 Å². The van der Waals surface area contributed by atoms with Crippen molar-refractivity contribution >= 4 is 55.2 Å². The first-order valence-electron chi connectivity index (χ1n) is 17.3. The lowest BCUT2D eigenvalue weighted by molar-refractivity contribution is 0.668. The zero-order valence-corrected chi connectivity index (χ0v) is 27.6. The van der Waals surface area contributed by atoms with Gasteiger partial charge in [0.05, 0.1) is 0 Å². The Morgan fingerprint density at radius 1 is 0.471 bits per heavy atom. The van der Waals surface area contributed by atoms with Crippen LogP contribution in [0.25, 0.3) is 65.7 Å². The highest BCUT2D eigenvalue weighted by Crippen LogP contribution is 2.38. The van der Waals surface area contributed by atoms with Crippen LogP contribution in [0.3, 0.4) is 0 Å². The van der Waals surface area contributed by atoms with Crippen LogP contribution >= 0.6 is 0 Å². The molecule has 240 valence electrons. The molecule has 0 spiro atoms. The van der Waals surface area contributed by atoms with Gasteiger partial charge in [0, 0.05) is 21.9 Å². The third-order valence-corrected chi connectivity index (χ3v) is 9.92. The predicted molar refractivity (Wildman–Crippen MR) is 211 cm³/mol. The molecule has 0 bridgehead atoms. The van der Waals surface area contributed by atoms with Crippen LogP contribution in [0.1, 0.15) is 22.9 Å². The molecule has 10 rings (SSSR count). The van der Waals surface area contributed by atoms with E-state index in [1.807, 2.05) is 18.2 Å². The summed E-state index contributed by atoms with van der Waals surface area (Å²) in [5.41, 5.74) is 9.21. The summed E-state index contributed by atoms with van der Waals surface area (Å²) in [5, 5.41) is 10.7. The molecule has 0 radical (unpaired) electrons. The second-order valence-corrected chi connectivity index (χ2v) is 13.0. The van der Waals surface area contributed by atoms with Gasteiger partial charge in [-0.25, -0.2) is 9.98 Å². The molecule has 9 aromatic rings. The Labute approximate surface area is 295 Å². The Kier molecular flexibility index (Phi) is 6.85. The topological polar surface area (TPSA) is 49.9 Å². The van der Waals surface area contributed by atoms with Crippen molar-refractivity contribution in [2.75, 3.05) is 0 Å². The Bertz CT molecular complexity index is 2830. The number of fused-ring (bicyclic) bond motifs is 5. The van der Waals surface area contributed by atoms with E-state index in [1.54, 1.807) is 0 Å².